The molecule has 4 bridgehead atoms. The maximum Gasteiger partial charge on any atom is 0.253 e. The highest BCUT2D eigenvalue weighted by Crippen LogP contribution is 2.55. The first-order valence-corrected chi connectivity index (χ1v) is 8.28. The summed E-state index contributed by atoms with van der Waals surface area (Å²) in [5.41, 5.74) is 6.86. The number of carbonyl (C=O) groups is 1. The van der Waals surface area contributed by atoms with Gasteiger partial charge in [0.1, 0.15) is 0 Å². The quantitative estimate of drug-likeness (QED) is 0.798. The summed E-state index contributed by atoms with van der Waals surface area (Å²) in [7, 11) is 0. The largest absolute Gasteiger partial charge is 0.399 e. The van der Waals surface area contributed by atoms with Gasteiger partial charge in [-0.2, -0.15) is 0 Å². The molecule has 0 unspecified atom stereocenters. The van der Waals surface area contributed by atoms with Gasteiger partial charge in [0.15, 0.2) is 0 Å². The molecule has 0 radical (unpaired) electrons. The number of hydrogen-bond donors (Lipinski definition) is 2. The van der Waals surface area contributed by atoms with Crippen LogP contribution in [-0.2, 0) is 0 Å². The average Bonchev–Trinajstić information content (AvgIpc) is 2.35. The van der Waals surface area contributed by atoms with E-state index in [0.29, 0.717) is 16.3 Å². The Bertz CT molecular complexity index is 567. The molecule has 3 N–H and O–H groups in total. The summed E-state index contributed by atoms with van der Waals surface area (Å²) >= 11 is 6.17. The summed E-state index contributed by atoms with van der Waals surface area (Å²) in [5, 5.41) is 3.78. The van der Waals surface area contributed by atoms with Gasteiger partial charge < -0.3 is 11.1 Å². The lowest BCUT2D eigenvalue weighted by molar-refractivity contribution is -0.0166. The van der Waals surface area contributed by atoms with Crippen molar-refractivity contribution in [2.75, 3.05) is 5.73 Å². The molecule has 0 aliphatic heterocycles. The van der Waals surface area contributed by atoms with Gasteiger partial charge in [-0.05, 0) is 74.5 Å². The monoisotopic (exact) mass is 340 g/mol. The first-order chi connectivity index (χ1) is 10.0. The molecule has 22 heavy (non-hydrogen) atoms. The van der Waals surface area contributed by atoms with Crippen molar-refractivity contribution in [1.29, 1.82) is 0 Å². The summed E-state index contributed by atoms with van der Waals surface area (Å²) in [6.07, 6.45) is 7.57. The lowest BCUT2D eigenvalue weighted by Crippen LogP contribution is -2.59. The molecule has 5 heteroatoms. The Morgan fingerprint density at radius 1 is 1.14 bits per heavy atom. The maximum atomic E-state index is 12.6. The van der Waals surface area contributed by atoms with Crippen LogP contribution in [0.15, 0.2) is 18.2 Å². The number of nitrogen functional groups attached to an aromatic ring is 1. The Kier molecular flexibility index (Phi) is 4.07. The van der Waals surface area contributed by atoms with Crippen LogP contribution in [0, 0.1) is 17.8 Å². The van der Waals surface area contributed by atoms with E-state index in [-0.39, 0.29) is 23.9 Å². The third-order valence-electron chi connectivity index (χ3n) is 5.65. The fraction of sp³-hybridized carbons (Fsp3) is 0.588. The van der Waals surface area contributed by atoms with Gasteiger partial charge in [-0.3, -0.25) is 4.79 Å². The van der Waals surface area contributed by atoms with Crippen molar-refractivity contribution in [2.24, 2.45) is 17.8 Å². The fourth-order valence-electron chi connectivity index (χ4n) is 5.29. The van der Waals surface area contributed by atoms with E-state index in [0.717, 1.165) is 37.0 Å². The summed E-state index contributed by atoms with van der Waals surface area (Å²) in [6, 6.07) is 5.12. The van der Waals surface area contributed by atoms with E-state index < -0.39 is 0 Å². The van der Waals surface area contributed by atoms with Crippen molar-refractivity contribution in [2.45, 2.75) is 44.1 Å². The van der Waals surface area contributed by atoms with Gasteiger partial charge in [0.05, 0.1) is 10.6 Å². The summed E-state index contributed by atoms with van der Waals surface area (Å²) in [4.78, 5) is 12.6. The Morgan fingerprint density at radius 2 is 1.68 bits per heavy atom. The Balaban J connectivity index is 0.00000144. The van der Waals surface area contributed by atoms with E-state index in [4.69, 9.17) is 17.3 Å². The molecular formula is C17H22Cl2N2O. The third-order valence-corrected chi connectivity index (χ3v) is 5.97. The zero-order chi connectivity index (χ0) is 14.6. The van der Waals surface area contributed by atoms with Crippen LogP contribution in [0.25, 0.3) is 0 Å². The topological polar surface area (TPSA) is 55.1 Å². The van der Waals surface area contributed by atoms with Crippen LogP contribution in [0.3, 0.4) is 0 Å². The number of rotatable bonds is 2. The minimum absolute atomic E-state index is 0. The van der Waals surface area contributed by atoms with E-state index in [1.54, 1.807) is 18.2 Å². The predicted octanol–water partition coefficient (Wildman–Crippen LogP) is 4.04. The van der Waals surface area contributed by atoms with E-state index in [9.17, 15) is 4.79 Å². The van der Waals surface area contributed by atoms with Crippen LogP contribution < -0.4 is 11.1 Å². The van der Waals surface area contributed by atoms with Crippen LogP contribution in [0.4, 0.5) is 5.69 Å². The molecule has 0 heterocycles. The number of anilines is 1. The van der Waals surface area contributed by atoms with Gasteiger partial charge in [-0.25, -0.2) is 0 Å². The molecule has 0 aromatic heterocycles. The second-order valence-corrected chi connectivity index (χ2v) is 7.80. The van der Waals surface area contributed by atoms with Crippen molar-refractivity contribution in [3.63, 3.8) is 0 Å². The number of hydrogen-bond acceptors (Lipinski definition) is 2. The summed E-state index contributed by atoms with van der Waals surface area (Å²) < 4.78 is 0. The SMILES string of the molecule is Cl.Nc1ccc(C(=O)NC23CC4CC(CC(C4)C2)C3)c(Cl)c1. The third kappa shape index (κ3) is 2.69. The number of carbonyl (C=O) groups excluding carboxylic acids is 1. The maximum absolute atomic E-state index is 12.6. The Hall–Kier alpha value is -0.930. The number of nitrogens with one attached hydrogen (secondary N) is 1. The first kappa shape index (κ1) is 15.9. The molecule has 4 saturated carbocycles. The van der Waals surface area contributed by atoms with Crippen LogP contribution in [0.5, 0.6) is 0 Å². The van der Waals surface area contributed by atoms with Gasteiger partial charge in [0.2, 0.25) is 0 Å². The average molecular weight is 341 g/mol. The first-order valence-electron chi connectivity index (χ1n) is 7.90. The Labute approximate surface area is 142 Å². The van der Waals surface area contributed by atoms with E-state index in [1.807, 2.05) is 0 Å². The van der Waals surface area contributed by atoms with Crippen molar-refractivity contribution in [3.05, 3.63) is 28.8 Å². The van der Waals surface area contributed by atoms with E-state index in [1.165, 1.54) is 19.3 Å². The number of amides is 1. The molecule has 0 atom stereocenters. The molecule has 0 spiro atoms. The van der Waals surface area contributed by atoms with Crippen molar-refractivity contribution in [1.82, 2.24) is 5.32 Å². The van der Waals surface area contributed by atoms with Crippen molar-refractivity contribution >= 4 is 35.6 Å². The van der Waals surface area contributed by atoms with Crippen LogP contribution >= 0.6 is 24.0 Å². The van der Waals surface area contributed by atoms with Gasteiger partial charge in [0.25, 0.3) is 5.91 Å². The Morgan fingerprint density at radius 3 is 2.18 bits per heavy atom. The summed E-state index contributed by atoms with van der Waals surface area (Å²) in [6.45, 7) is 0. The zero-order valence-electron chi connectivity index (χ0n) is 12.5. The van der Waals surface area contributed by atoms with Gasteiger partial charge in [-0.1, -0.05) is 11.6 Å². The number of halogens is 2. The van der Waals surface area contributed by atoms with Gasteiger partial charge in [-0.15, -0.1) is 12.4 Å². The van der Waals surface area contributed by atoms with E-state index >= 15 is 0 Å². The normalized spacial score (nSPS) is 35.0. The van der Waals surface area contributed by atoms with Crippen molar-refractivity contribution in [3.8, 4) is 0 Å². The van der Waals surface area contributed by atoms with Crippen molar-refractivity contribution < 1.29 is 4.79 Å². The minimum atomic E-state index is -0.0399. The molecule has 3 nitrogen and oxygen atoms in total. The standard InChI is InChI=1S/C17H21ClN2O.ClH/c18-15-6-13(19)1-2-14(15)16(21)20-17-7-10-3-11(8-17)5-12(4-10)9-17;/h1-2,6,10-12H,3-5,7-9,19H2,(H,20,21);1H. The molecule has 5 rings (SSSR count). The van der Waals surface area contributed by atoms with Crippen LogP contribution in [0.1, 0.15) is 48.9 Å². The summed E-state index contributed by atoms with van der Waals surface area (Å²) in [5.74, 6) is 2.41. The predicted molar refractivity (Wildman–Crippen MR) is 91.5 cm³/mol. The lowest BCUT2D eigenvalue weighted by Gasteiger charge is -2.56. The molecule has 4 fully saturated rings. The van der Waals surface area contributed by atoms with Gasteiger partial charge >= 0.3 is 0 Å². The molecule has 4 aliphatic carbocycles. The molecule has 1 aromatic carbocycles. The highest BCUT2D eigenvalue weighted by atomic mass is 35.5. The molecule has 1 amide bonds. The van der Waals surface area contributed by atoms with Gasteiger partial charge in [0, 0.05) is 11.2 Å². The second kappa shape index (κ2) is 5.61. The lowest BCUT2D eigenvalue weighted by atomic mass is 9.53. The molecule has 1 aromatic rings. The highest BCUT2D eigenvalue weighted by Gasteiger charge is 2.51. The second-order valence-electron chi connectivity index (χ2n) is 7.39. The number of benzene rings is 1. The van der Waals surface area contributed by atoms with Crippen LogP contribution in [0.2, 0.25) is 5.02 Å². The molecule has 120 valence electrons. The smallest absolute Gasteiger partial charge is 0.253 e. The zero-order valence-corrected chi connectivity index (χ0v) is 14.1. The van der Waals surface area contributed by atoms with Crippen LogP contribution in [-0.4, -0.2) is 11.4 Å². The van der Waals surface area contributed by atoms with E-state index in [2.05, 4.69) is 5.32 Å². The molecule has 0 saturated heterocycles. The number of nitrogens with two attached hydrogens (primary N) is 1. The minimum Gasteiger partial charge on any atom is -0.399 e. The molecule has 4 aliphatic rings. The fourth-order valence-corrected chi connectivity index (χ4v) is 5.56. The highest BCUT2D eigenvalue weighted by molar-refractivity contribution is 6.34. The molecular weight excluding hydrogens is 319 g/mol.